The van der Waals surface area contributed by atoms with E-state index in [1.54, 1.807) is 14.0 Å². The summed E-state index contributed by atoms with van der Waals surface area (Å²) in [5.41, 5.74) is 2.36. The Balaban J connectivity index is 1.62. The predicted octanol–water partition coefficient (Wildman–Crippen LogP) is 1.64. The van der Waals surface area contributed by atoms with Crippen LogP contribution in [0.4, 0.5) is 0 Å². The van der Waals surface area contributed by atoms with E-state index in [0.29, 0.717) is 34.6 Å². The van der Waals surface area contributed by atoms with Gasteiger partial charge in [-0.25, -0.2) is 0 Å². The lowest BCUT2D eigenvalue weighted by Gasteiger charge is -2.41. The van der Waals surface area contributed by atoms with Crippen molar-refractivity contribution in [3.8, 4) is 23.0 Å². The summed E-state index contributed by atoms with van der Waals surface area (Å²) in [6, 6.07) is 7.47. The number of ether oxygens (including phenoxy) is 6. The summed E-state index contributed by atoms with van der Waals surface area (Å²) < 4.78 is 35.3. The lowest BCUT2D eigenvalue weighted by Crippen LogP contribution is -2.60. The number of phenolic OH excluding ortho intramolecular Hbond substituents is 1. The maximum atomic E-state index is 11.0. The highest BCUT2D eigenvalue weighted by Crippen LogP contribution is 2.55. The molecule has 4 N–H and O–H groups in total. The van der Waals surface area contributed by atoms with E-state index in [4.69, 9.17) is 28.4 Å². The maximum Gasteiger partial charge on any atom is 0.229 e. The molecule has 1 fully saturated rings. The van der Waals surface area contributed by atoms with E-state index < -0.39 is 49.5 Å². The van der Waals surface area contributed by atoms with Crippen LogP contribution in [0.15, 0.2) is 24.3 Å². The number of aliphatic hydroxyl groups excluding tert-OH is 3. The molecule has 2 aromatic rings. The number of aromatic hydroxyl groups is 1. The van der Waals surface area contributed by atoms with Crippen molar-refractivity contribution < 1.29 is 48.8 Å². The molecular formula is C25H30O10. The molecule has 2 aromatic carbocycles. The maximum absolute atomic E-state index is 11.0. The summed E-state index contributed by atoms with van der Waals surface area (Å²) in [5.74, 6) is 1.38. The largest absolute Gasteiger partial charge is 0.507 e. The van der Waals surface area contributed by atoms with Crippen LogP contribution in [-0.4, -0.2) is 72.0 Å². The third-order valence-electron chi connectivity index (χ3n) is 6.91. The molecule has 0 bridgehead atoms. The van der Waals surface area contributed by atoms with Crippen LogP contribution in [0, 0.1) is 6.92 Å². The predicted molar refractivity (Wildman–Crippen MR) is 121 cm³/mol. The number of rotatable bonds is 5. The van der Waals surface area contributed by atoms with Crippen molar-refractivity contribution in [1.29, 1.82) is 0 Å². The second kappa shape index (κ2) is 9.45. The molecule has 10 nitrogen and oxygen atoms in total. The van der Waals surface area contributed by atoms with Crippen molar-refractivity contribution in [2.45, 2.75) is 62.9 Å². The van der Waals surface area contributed by atoms with Crippen LogP contribution < -0.4 is 14.2 Å². The van der Waals surface area contributed by atoms with E-state index in [2.05, 4.69) is 0 Å². The van der Waals surface area contributed by atoms with Gasteiger partial charge in [0.1, 0.15) is 53.5 Å². The average molecular weight is 491 g/mol. The van der Waals surface area contributed by atoms with Gasteiger partial charge in [-0.3, -0.25) is 0 Å². The molecule has 3 heterocycles. The topological polar surface area (TPSA) is 136 Å². The average Bonchev–Trinajstić information content (AvgIpc) is 3.04. The summed E-state index contributed by atoms with van der Waals surface area (Å²) >= 11 is 0. The fraction of sp³-hybridized carbons (Fsp3) is 0.520. The van der Waals surface area contributed by atoms with Crippen LogP contribution in [0.2, 0.25) is 0 Å². The van der Waals surface area contributed by atoms with Crippen molar-refractivity contribution in [3.63, 3.8) is 0 Å². The number of phenols is 1. The minimum atomic E-state index is -1.37. The number of methoxy groups -OCH3 is 2. The van der Waals surface area contributed by atoms with Gasteiger partial charge in [-0.2, -0.15) is 0 Å². The molecule has 3 aliphatic rings. The Kier molecular flexibility index (Phi) is 6.51. The molecule has 0 saturated carbocycles. The Labute approximate surface area is 202 Å². The van der Waals surface area contributed by atoms with E-state index >= 15 is 0 Å². The number of hydrogen-bond donors (Lipinski definition) is 4. The van der Waals surface area contributed by atoms with Gasteiger partial charge in [-0.15, -0.1) is 0 Å². The van der Waals surface area contributed by atoms with Gasteiger partial charge in [-0.1, -0.05) is 12.1 Å². The first kappa shape index (κ1) is 24.1. The molecule has 190 valence electrons. The summed E-state index contributed by atoms with van der Waals surface area (Å²) in [6.07, 6.45) is -6.65. The third-order valence-corrected chi connectivity index (χ3v) is 6.91. The van der Waals surface area contributed by atoms with E-state index in [-0.39, 0.29) is 18.1 Å². The monoisotopic (exact) mass is 490 g/mol. The fourth-order valence-corrected chi connectivity index (χ4v) is 5.02. The van der Waals surface area contributed by atoms with Crippen LogP contribution in [0.1, 0.15) is 40.9 Å². The summed E-state index contributed by atoms with van der Waals surface area (Å²) in [7, 11) is 3.10. The summed E-state index contributed by atoms with van der Waals surface area (Å²) in [4.78, 5) is 0. The van der Waals surface area contributed by atoms with Crippen LogP contribution in [-0.2, 0) is 20.8 Å². The SMILES string of the molecule is COCc1c(O)c(C)c2c3c1O[C@@H]1O[C@H](CO)[C@@H](O)[C@H](O)[C@H]1O[C@@H]3C[C@@H](c1ccc(OC)cc1)O2. The zero-order valence-electron chi connectivity index (χ0n) is 19.7. The van der Waals surface area contributed by atoms with Crippen molar-refractivity contribution in [2.24, 2.45) is 0 Å². The van der Waals surface area contributed by atoms with E-state index in [1.165, 1.54) is 7.11 Å². The molecule has 1 saturated heterocycles. The molecule has 0 radical (unpaired) electrons. The van der Waals surface area contributed by atoms with Gasteiger partial charge in [0.05, 0.1) is 37.6 Å². The first-order chi connectivity index (χ1) is 16.9. The number of hydrogen-bond acceptors (Lipinski definition) is 10. The molecule has 0 aromatic heterocycles. The quantitative estimate of drug-likeness (QED) is 0.490. The second-order valence-electron chi connectivity index (χ2n) is 8.99. The minimum absolute atomic E-state index is 0.0386. The van der Waals surface area contributed by atoms with Crippen LogP contribution >= 0.6 is 0 Å². The van der Waals surface area contributed by atoms with Crippen LogP contribution in [0.5, 0.6) is 23.0 Å². The van der Waals surface area contributed by atoms with Crippen molar-refractivity contribution >= 4 is 0 Å². The first-order valence-corrected chi connectivity index (χ1v) is 11.5. The minimum Gasteiger partial charge on any atom is -0.507 e. The van der Waals surface area contributed by atoms with Crippen LogP contribution in [0.3, 0.4) is 0 Å². The Morgan fingerprint density at radius 3 is 2.37 bits per heavy atom. The fourth-order valence-electron chi connectivity index (χ4n) is 5.02. The Morgan fingerprint density at radius 1 is 0.971 bits per heavy atom. The summed E-state index contributed by atoms with van der Waals surface area (Å²) in [6.45, 7) is 1.28. The molecule has 5 rings (SSSR count). The third kappa shape index (κ3) is 4.00. The van der Waals surface area contributed by atoms with Gasteiger partial charge < -0.3 is 48.8 Å². The second-order valence-corrected chi connectivity index (χ2v) is 8.99. The number of benzene rings is 2. The molecule has 0 aliphatic carbocycles. The molecule has 3 aliphatic heterocycles. The molecule has 0 amide bonds. The zero-order chi connectivity index (χ0) is 24.9. The van der Waals surface area contributed by atoms with Gasteiger partial charge in [0, 0.05) is 19.1 Å². The first-order valence-electron chi connectivity index (χ1n) is 11.5. The van der Waals surface area contributed by atoms with Gasteiger partial charge in [0.15, 0.2) is 0 Å². The Morgan fingerprint density at radius 2 is 1.71 bits per heavy atom. The molecule has 10 heteroatoms. The van der Waals surface area contributed by atoms with Gasteiger partial charge in [0.2, 0.25) is 6.29 Å². The Hall–Kier alpha value is -2.60. The number of fused-ring (bicyclic) bond motifs is 1. The van der Waals surface area contributed by atoms with Crippen molar-refractivity contribution in [2.75, 3.05) is 20.8 Å². The number of aliphatic hydroxyl groups is 3. The van der Waals surface area contributed by atoms with Gasteiger partial charge in [0.25, 0.3) is 0 Å². The lowest BCUT2D eigenvalue weighted by molar-refractivity contribution is -0.292. The van der Waals surface area contributed by atoms with E-state index in [9.17, 15) is 20.4 Å². The standard InChI is InChI=1S/C25H30O10/c1-11-19(27)14(10-30-2)23-18-16(33-24-21(29)20(28)17(9-26)34-25(24)35-23)8-15(32-22(11)18)12-4-6-13(31-3)7-5-12/h4-7,15-17,20-21,24-29H,8-10H2,1-3H3/t15-,16+,17+,20+,21-,24+,25-/m0/s1. The summed E-state index contributed by atoms with van der Waals surface area (Å²) in [5, 5.41) is 42.0. The molecule has 35 heavy (non-hydrogen) atoms. The lowest BCUT2D eigenvalue weighted by atomic mass is 9.90. The highest BCUT2D eigenvalue weighted by atomic mass is 16.7. The smallest absolute Gasteiger partial charge is 0.229 e. The highest BCUT2D eigenvalue weighted by Gasteiger charge is 2.51. The molecule has 0 spiro atoms. The normalized spacial score (nSPS) is 31.4. The van der Waals surface area contributed by atoms with Gasteiger partial charge in [-0.05, 0) is 24.6 Å². The van der Waals surface area contributed by atoms with Crippen LogP contribution in [0.25, 0.3) is 0 Å². The van der Waals surface area contributed by atoms with E-state index in [0.717, 1.165) is 5.56 Å². The molecule has 0 unspecified atom stereocenters. The van der Waals surface area contributed by atoms with Gasteiger partial charge >= 0.3 is 0 Å². The van der Waals surface area contributed by atoms with Crippen molar-refractivity contribution in [1.82, 2.24) is 0 Å². The van der Waals surface area contributed by atoms with Crippen molar-refractivity contribution in [3.05, 3.63) is 46.5 Å². The van der Waals surface area contributed by atoms with E-state index in [1.807, 2.05) is 24.3 Å². The highest BCUT2D eigenvalue weighted by molar-refractivity contribution is 5.63. The Bertz CT molecular complexity index is 1070. The zero-order valence-corrected chi connectivity index (χ0v) is 19.7. The molecule has 7 atom stereocenters. The molecular weight excluding hydrogens is 460 g/mol.